The van der Waals surface area contributed by atoms with Crippen LogP contribution < -0.4 is 0 Å². The lowest BCUT2D eigenvalue weighted by Crippen LogP contribution is -2.22. The maximum atomic E-state index is 12.6. The van der Waals surface area contributed by atoms with Crippen LogP contribution in [0.25, 0.3) is 22.4 Å². The quantitative estimate of drug-likeness (QED) is 0.690. The number of esters is 2. The van der Waals surface area contributed by atoms with Crippen LogP contribution in [0.1, 0.15) is 16.8 Å². The third-order valence-electron chi connectivity index (χ3n) is 3.85. The molecule has 2 aromatic heterocycles. The number of fused-ring (bicyclic) bond motifs is 1. The molecule has 6 nitrogen and oxygen atoms in total. The Hall–Kier alpha value is -3.15. The Morgan fingerprint density at radius 1 is 1.21 bits per heavy atom. The fraction of sp³-hybridized carbons (Fsp3) is 0.167. The lowest BCUT2D eigenvalue weighted by molar-refractivity contribution is -0.145. The van der Waals surface area contributed by atoms with Crippen LogP contribution in [0.2, 0.25) is 0 Å². The first kappa shape index (κ1) is 14.4. The third kappa shape index (κ3) is 2.52. The first-order valence-corrected chi connectivity index (χ1v) is 7.53. The van der Waals surface area contributed by atoms with Crippen molar-refractivity contribution in [3.63, 3.8) is 0 Å². The molecule has 24 heavy (non-hydrogen) atoms. The molecule has 0 amide bonds. The number of carbonyl (C=O) groups is 2. The average molecular weight is 323 g/mol. The van der Waals surface area contributed by atoms with Crippen molar-refractivity contribution in [2.75, 3.05) is 6.61 Å². The average Bonchev–Trinajstić information content (AvgIpc) is 3.26. The van der Waals surface area contributed by atoms with Crippen molar-refractivity contribution in [3.05, 3.63) is 54.3 Å². The van der Waals surface area contributed by atoms with E-state index in [1.165, 1.54) is 0 Å². The number of hydrogen-bond donors (Lipinski definition) is 0. The van der Waals surface area contributed by atoms with Crippen molar-refractivity contribution in [1.82, 2.24) is 4.98 Å². The lowest BCUT2D eigenvalue weighted by atomic mass is 10.1. The van der Waals surface area contributed by atoms with Crippen molar-refractivity contribution >= 4 is 22.8 Å². The minimum absolute atomic E-state index is 0.269. The number of furan rings is 1. The maximum absolute atomic E-state index is 12.6. The molecular weight excluding hydrogens is 310 g/mol. The summed E-state index contributed by atoms with van der Waals surface area (Å²) in [6, 6.07) is 12.4. The normalized spacial score (nSPS) is 17.0. The lowest BCUT2D eigenvalue weighted by Gasteiger charge is -2.11. The van der Waals surface area contributed by atoms with Gasteiger partial charge in [0, 0.05) is 11.8 Å². The second-order valence-electron chi connectivity index (χ2n) is 5.40. The van der Waals surface area contributed by atoms with E-state index in [4.69, 9.17) is 13.9 Å². The highest BCUT2D eigenvalue weighted by atomic mass is 16.6. The van der Waals surface area contributed by atoms with E-state index in [-0.39, 0.29) is 6.61 Å². The van der Waals surface area contributed by atoms with Crippen molar-refractivity contribution < 1.29 is 23.5 Å². The molecule has 3 aromatic rings. The number of pyridine rings is 1. The van der Waals surface area contributed by atoms with Crippen LogP contribution in [-0.4, -0.2) is 29.6 Å². The summed E-state index contributed by atoms with van der Waals surface area (Å²) < 4.78 is 15.5. The summed E-state index contributed by atoms with van der Waals surface area (Å²) in [6.07, 6.45) is 1.06. The fourth-order valence-electron chi connectivity index (χ4n) is 2.67. The number of ether oxygens (including phenoxy) is 2. The molecule has 0 saturated carbocycles. The summed E-state index contributed by atoms with van der Waals surface area (Å²) >= 11 is 0. The molecule has 0 unspecified atom stereocenters. The second kappa shape index (κ2) is 5.81. The third-order valence-corrected chi connectivity index (χ3v) is 3.85. The summed E-state index contributed by atoms with van der Waals surface area (Å²) in [5.41, 5.74) is 1.51. The van der Waals surface area contributed by atoms with Gasteiger partial charge in [0.2, 0.25) is 6.10 Å². The number of cyclic esters (lactones) is 1. The number of nitrogens with zero attached hydrogens (tertiary/aromatic N) is 1. The van der Waals surface area contributed by atoms with Gasteiger partial charge in [-0.15, -0.1) is 0 Å². The van der Waals surface area contributed by atoms with Crippen LogP contribution in [0.4, 0.5) is 0 Å². The maximum Gasteiger partial charge on any atom is 0.347 e. The Morgan fingerprint density at radius 2 is 2.08 bits per heavy atom. The molecule has 3 heterocycles. The molecule has 4 rings (SSSR count). The van der Waals surface area contributed by atoms with Crippen LogP contribution in [-0.2, 0) is 14.3 Å². The smallest absolute Gasteiger partial charge is 0.347 e. The standard InChI is InChI=1S/C18H13NO5/c20-17(24-16-7-9-23-18(16)21)12-10-14(15-6-3-8-22-15)19-13-5-2-1-4-11(12)13/h1-6,8,10,16H,7,9H2/t16-/m1/s1. The predicted molar refractivity (Wildman–Crippen MR) is 84.2 cm³/mol. The Morgan fingerprint density at radius 3 is 2.83 bits per heavy atom. The number of benzene rings is 1. The molecule has 1 aliphatic heterocycles. The predicted octanol–water partition coefficient (Wildman–Crippen LogP) is 2.97. The number of hydrogen-bond acceptors (Lipinski definition) is 6. The Balaban J connectivity index is 1.78. The molecule has 1 aromatic carbocycles. The number of rotatable bonds is 3. The summed E-state index contributed by atoms with van der Waals surface area (Å²) in [7, 11) is 0. The molecule has 1 fully saturated rings. The van der Waals surface area contributed by atoms with E-state index in [0.717, 1.165) is 0 Å². The minimum Gasteiger partial charge on any atom is -0.463 e. The van der Waals surface area contributed by atoms with E-state index in [1.807, 2.05) is 18.2 Å². The molecular formula is C18H13NO5. The van der Waals surface area contributed by atoms with Gasteiger partial charge in [0.05, 0.1) is 24.0 Å². The summed E-state index contributed by atoms with van der Waals surface area (Å²) in [5.74, 6) is -0.534. The molecule has 6 heteroatoms. The van der Waals surface area contributed by atoms with Gasteiger partial charge in [0.15, 0.2) is 5.76 Å². The van der Waals surface area contributed by atoms with Gasteiger partial charge in [-0.2, -0.15) is 0 Å². The van der Waals surface area contributed by atoms with Crippen LogP contribution in [0, 0.1) is 0 Å². The molecule has 1 aliphatic rings. The monoisotopic (exact) mass is 323 g/mol. The van der Waals surface area contributed by atoms with Crippen LogP contribution >= 0.6 is 0 Å². The number of para-hydroxylation sites is 1. The van der Waals surface area contributed by atoms with Crippen LogP contribution in [0.3, 0.4) is 0 Å². The second-order valence-corrected chi connectivity index (χ2v) is 5.40. The van der Waals surface area contributed by atoms with Gasteiger partial charge >= 0.3 is 11.9 Å². The van der Waals surface area contributed by atoms with Crippen molar-refractivity contribution in [2.24, 2.45) is 0 Å². The van der Waals surface area contributed by atoms with Crippen molar-refractivity contribution in [2.45, 2.75) is 12.5 Å². The minimum atomic E-state index is -0.850. The summed E-state index contributed by atoms with van der Waals surface area (Å²) in [5, 5.41) is 0.657. The molecule has 1 saturated heterocycles. The van der Waals surface area contributed by atoms with Gasteiger partial charge in [-0.05, 0) is 24.3 Å². The first-order valence-electron chi connectivity index (χ1n) is 7.53. The summed E-state index contributed by atoms with van der Waals surface area (Å²) in [4.78, 5) is 28.6. The Kier molecular flexibility index (Phi) is 3.49. The van der Waals surface area contributed by atoms with Gasteiger partial charge in [-0.3, -0.25) is 0 Å². The highest BCUT2D eigenvalue weighted by molar-refractivity contribution is 6.05. The Bertz CT molecular complexity index is 916. The number of aromatic nitrogens is 1. The zero-order valence-corrected chi connectivity index (χ0v) is 12.6. The highest BCUT2D eigenvalue weighted by Gasteiger charge is 2.31. The van der Waals surface area contributed by atoms with E-state index in [2.05, 4.69) is 4.98 Å². The van der Waals surface area contributed by atoms with Gasteiger partial charge in [0.1, 0.15) is 5.69 Å². The first-order chi connectivity index (χ1) is 11.7. The van der Waals surface area contributed by atoms with Crippen LogP contribution in [0.15, 0.2) is 53.1 Å². The van der Waals surface area contributed by atoms with E-state index in [1.54, 1.807) is 30.5 Å². The molecule has 0 radical (unpaired) electrons. The largest absolute Gasteiger partial charge is 0.463 e. The fourth-order valence-corrected chi connectivity index (χ4v) is 2.67. The molecule has 0 spiro atoms. The zero-order valence-electron chi connectivity index (χ0n) is 12.6. The SMILES string of the molecule is O=C(O[C@@H]1CCOC1=O)c1cc(-c2ccco2)nc2ccccc12. The van der Waals surface area contributed by atoms with E-state index in [0.29, 0.717) is 34.3 Å². The zero-order chi connectivity index (χ0) is 16.5. The summed E-state index contributed by atoms with van der Waals surface area (Å²) in [6.45, 7) is 0.269. The molecule has 0 aliphatic carbocycles. The topological polar surface area (TPSA) is 78.6 Å². The molecule has 0 N–H and O–H groups in total. The van der Waals surface area contributed by atoms with Crippen LogP contribution in [0.5, 0.6) is 0 Å². The Labute approximate surface area is 137 Å². The van der Waals surface area contributed by atoms with E-state index >= 15 is 0 Å². The van der Waals surface area contributed by atoms with E-state index in [9.17, 15) is 9.59 Å². The van der Waals surface area contributed by atoms with Gasteiger partial charge < -0.3 is 13.9 Å². The number of carbonyl (C=O) groups excluding carboxylic acids is 2. The van der Waals surface area contributed by atoms with Crippen molar-refractivity contribution in [1.29, 1.82) is 0 Å². The molecule has 1 atom stereocenters. The van der Waals surface area contributed by atoms with Crippen molar-refractivity contribution in [3.8, 4) is 11.5 Å². The highest BCUT2D eigenvalue weighted by Crippen LogP contribution is 2.26. The van der Waals surface area contributed by atoms with Gasteiger partial charge in [-0.25, -0.2) is 14.6 Å². The van der Waals surface area contributed by atoms with Gasteiger partial charge in [-0.1, -0.05) is 18.2 Å². The van der Waals surface area contributed by atoms with E-state index < -0.39 is 18.0 Å². The molecule has 120 valence electrons. The molecule has 0 bridgehead atoms. The van der Waals surface area contributed by atoms with Gasteiger partial charge in [0.25, 0.3) is 0 Å².